The lowest BCUT2D eigenvalue weighted by Gasteiger charge is -2.18. The fraction of sp³-hybridized carbons (Fsp3) is 0.240. The summed E-state index contributed by atoms with van der Waals surface area (Å²) >= 11 is 0. The van der Waals surface area contributed by atoms with Crippen LogP contribution in [0.15, 0.2) is 71.3 Å². The molecule has 2 heterocycles. The van der Waals surface area contributed by atoms with E-state index in [4.69, 9.17) is 4.42 Å². The van der Waals surface area contributed by atoms with E-state index in [1.54, 1.807) is 36.4 Å². The molecule has 1 saturated heterocycles. The monoisotopic (exact) mass is 485 g/mol. The van der Waals surface area contributed by atoms with Crippen LogP contribution in [0.3, 0.4) is 0 Å². The number of carbonyl (C=O) groups excluding carboxylic acids is 3. The molecule has 2 N–H and O–H groups in total. The van der Waals surface area contributed by atoms with Gasteiger partial charge in [-0.1, -0.05) is 24.3 Å². The molecule has 1 atom stereocenters. The summed E-state index contributed by atoms with van der Waals surface area (Å²) in [5.74, 6) is -1.44. The lowest BCUT2D eigenvalue weighted by molar-refractivity contribution is -0.137. The lowest BCUT2D eigenvalue weighted by Crippen LogP contribution is -2.32. The molecule has 10 heteroatoms. The number of nitrogens with zero attached hydrogens (tertiary/aromatic N) is 1. The predicted octanol–water partition coefficient (Wildman–Crippen LogP) is 4.22. The van der Waals surface area contributed by atoms with Gasteiger partial charge in [0.15, 0.2) is 5.76 Å². The first-order valence-corrected chi connectivity index (χ1v) is 10.8. The zero-order valence-electron chi connectivity index (χ0n) is 18.5. The molecule has 0 bridgehead atoms. The van der Waals surface area contributed by atoms with Gasteiger partial charge in [-0.25, -0.2) is 0 Å². The van der Waals surface area contributed by atoms with Crippen LogP contribution in [0.25, 0.3) is 0 Å². The van der Waals surface area contributed by atoms with Crippen molar-refractivity contribution in [2.24, 2.45) is 5.92 Å². The van der Waals surface area contributed by atoms with Crippen LogP contribution in [-0.4, -0.2) is 29.2 Å². The number of furan rings is 1. The summed E-state index contributed by atoms with van der Waals surface area (Å²) in [5, 5.41) is 5.49. The van der Waals surface area contributed by atoms with Crippen molar-refractivity contribution >= 4 is 23.4 Å². The lowest BCUT2D eigenvalue weighted by atomic mass is 10.1. The molecular formula is C25H22F3N3O4. The van der Waals surface area contributed by atoms with E-state index in [-0.39, 0.29) is 43.6 Å². The number of alkyl halides is 3. The summed E-state index contributed by atoms with van der Waals surface area (Å²) in [6.07, 6.45) is -3.08. The number of carbonyl (C=O) groups is 3. The van der Waals surface area contributed by atoms with E-state index in [0.29, 0.717) is 11.3 Å². The molecule has 0 aliphatic carbocycles. The average molecular weight is 485 g/mol. The van der Waals surface area contributed by atoms with E-state index < -0.39 is 23.6 Å². The van der Waals surface area contributed by atoms with Crippen molar-refractivity contribution < 1.29 is 32.0 Å². The van der Waals surface area contributed by atoms with Crippen LogP contribution in [0.1, 0.15) is 33.7 Å². The van der Waals surface area contributed by atoms with Crippen LogP contribution in [0, 0.1) is 5.92 Å². The van der Waals surface area contributed by atoms with Gasteiger partial charge in [0.25, 0.3) is 5.91 Å². The third-order valence-corrected chi connectivity index (χ3v) is 5.61. The van der Waals surface area contributed by atoms with E-state index in [0.717, 1.165) is 17.7 Å². The molecule has 3 aromatic rings. The van der Waals surface area contributed by atoms with Gasteiger partial charge in [-0.3, -0.25) is 14.4 Å². The third kappa shape index (κ3) is 6.08. The van der Waals surface area contributed by atoms with Gasteiger partial charge in [0.05, 0.1) is 17.7 Å². The van der Waals surface area contributed by atoms with Crippen LogP contribution >= 0.6 is 0 Å². The Labute approximate surface area is 198 Å². The maximum atomic E-state index is 12.9. The van der Waals surface area contributed by atoms with Crippen LogP contribution in [0.2, 0.25) is 0 Å². The molecule has 1 unspecified atom stereocenters. The first-order chi connectivity index (χ1) is 16.7. The van der Waals surface area contributed by atoms with Gasteiger partial charge in [-0.2, -0.15) is 13.2 Å². The molecule has 1 aliphatic rings. The van der Waals surface area contributed by atoms with Gasteiger partial charge < -0.3 is 20.0 Å². The van der Waals surface area contributed by atoms with Crippen molar-refractivity contribution in [2.45, 2.75) is 25.7 Å². The summed E-state index contributed by atoms with van der Waals surface area (Å²) in [4.78, 5) is 38.5. The summed E-state index contributed by atoms with van der Waals surface area (Å²) in [6, 6.07) is 14.9. The van der Waals surface area contributed by atoms with Crippen LogP contribution in [0.4, 0.5) is 18.9 Å². The number of hydrogen-bond donors (Lipinski definition) is 2. The molecule has 182 valence electrons. The van der Waals surface area contributed by atoms with Crippen molar-refractivity contribution in [3.63, 3.8) is 0 Å². The Morgan fingerprint density at radius 3 is 2.54 bits per heavy atom. The molecule has 4 rings (SSSR count). The Kier molecular flexibility index (Phi) is 6.90. The fourth-order valence-electron chi connectivity index (χ4n) is 3.86. The third-order valence-electron chi connectivity index (χ3n) is 5.61. The topological polar surface area (TPSA) is 91.7 Å². The van der Waals surface area contributed by atoms with Gasteiger partial charge in [-0.05, 0) is 47.5 Å². The highest BCUT2D eigenvalue weighted by Gasteiger charge is 2.35. The molecule has 0 saturated carbocycles. The van der Waals surface area contributed by atoms with E-state index in [1.807, 2.05) is 0 Å². The number of anilines is 1. The Bertz CT molecular complexity index is 1220. The number of nitrogens with one attached hydrogen (secondary N) is 2. The molecule has 7 nitrogen and oxygen atoms in total. The van der Waals surface area contributed by atoms with Crippen molar-refractivity contribution in [3.05, 3.63) is 89.4 Å². The SMILES string of the molecule is O=C(Nc1cccc(CNC(=O)C2CC(=O)N(Cc3cccc(C(F)(F)F)c3)C2)c1)c1ccco1. The second kappa shape index (κ2) is 10.0. The first-order valence-electron chi connectivity index (χ1n) is 10.8. The highest BCUT2D eigenvalue weighted by molar-refractivity contribution is 6.02. The normalized spacial score (nSPS) is 15.8. The predicted molar refractivity (Wildman–Crippen MR) is 120 cm³/mol. The Balaban J connectivity index is 1.31. The standard InChI is InChI=1S/C25H22F3N3O4/c26-25(27,28)19-6-1-5-17(10-19)14-31-15-18(12-22(31)32)23(33)29-13-16-4-2-7-20(11-16)30-24(34)21-8-3-9-35-21/h1-11,18H,12-15H2,(H,29,33)(H,30,34). The van der Waals surface area contributed by atoms with Crippen LogP contribution in [0.5, 0.6) is 0 Å². The number of likely N-dealkylation sites (tertiary alicyclic amines) is 1. The maximum absolute atomic E-state index is 12.9. The van der Waals surface area contributed by atoms with Crippen LogP contribution in [-0.2, 0) is 28.9 Å². The minimum atomic E-state index is -4.47. The van der Waals surface area contributed by atoms with Gasteiger partial charge in [-0.15, -0.1) is 0 Å². The van der Waals surface area contributed by atoms with Gasteiger partial charge in [0.2, 0.25) is 11.8 Å². The largest absolute Gasteiger partial charge is 0.459 e. The first kappa shape index (κ1) is 24.1. The molecule has 0 radical (unpaired) electrons. The molecule has 1 fully saturated rings. The fourth-order valence-corrected chi connectivity index (χ4v) is 3.86. The zero-order chi connectivity index (χ0) is 25.0. The van der Waals surface area contributed by atoms with Gasteiger partial charge >= 0.3 is 6.18 Å². The average Bonchev–Trinajstić information content (AvgIpc) is 3.48. The van der Waals surface area contributed by atoms with E-state index >= 15 is 0 Å². The number of hydrogen-bond acceptors (Lipinski definition) is 4. The number of halogens is 3. The molecule has 2 aromatic carbocycles. The summed E-state index contributed by atoms with van der Waals surface area (Å²) in [7, 11) is 0. The van der Waals surface area contributed by atoms with Crippen molar-refractivity contribution in [2.75, 3.05) is 11.9 Å². The second-order valence-electron chi connectivity index (χ2n) is 8.22. The number of amides is 3. The Morgan fingerprint density at radius 1 is 1.03 bits per heavy atom. The van der Waals surface area contributed by atoms with E-state index in [2.05, 4.69) is 10.6 Å². The van der Waals surface area contributed by atoms with Crippen molar-refractivity contribution in [3.8, 4) is 0 Å². The summed E-state index contributed by atoms with van der Waals surface area (Å²) < 4.78 is 43.9. The highest BCUT2D eigenvalue weighted by Crippen LogP contribution is 2.30. The van der Waals surface area contributed by atoms with Crippen molar-refractivity contribution in [1.29, 1.82) is 0 Å². The smallest absolute Gasteiger partial charge is 0.416 e. The molecule has 0 spiro atoms. The van der Waals surface area contributed by atoms with Crippen LogP contribution < -0.4 is 10.6 Å². The van der Waals surface area contributed by atoms with Gasteiger partial charge in [0, 0.05) is 31.7 Å². The summed E-state index contributed by atoms with van der Waals surface area (Å²) in [5.41, 5.74) is 0.836. The summed E-state index contributed by atoms with van der Waals surface area (Å²) in [6.45, 7) is 0.311. The van der Waals surface area contributed by atoms with Crippen molar-refractivity contribution in [1.82, 2.24) is 10.2 Å². The Hall–Kier alpha value is -4.08. The molecular weight excluding hydrogens is 463 g/mol. The second-order valence-corrected chi connectivity index (χ2v) is 8.22. The molecule has 1 aromatic heterocycles. The van der Waals surface area contributed by atoms with E-state index in [9.17, 15) is 27.6 Å². The minimum absolute atomic E-state index is 0.00391. The highest BCUT2D eigenvalue weighted by atomic mass is 19.4. The zero-order valence-corrected chi connectivity index (χ0v) is 18.5. The number of rotatable bonds is 7. The molecule has 1 aliphatic heterocycles. The maximum Gasteiger partial charge on any atom is 0.416 e. The van der Waals surface area contributed by atoms with Gasteiger partial charge in [0.1, 0.15) is 0 Å². The Morgan fingerprint density at radius 2 is 1.80 bits per heavy atom. The van der Waals surface area contributed by atoms with E-state index in [1.165, 1.54) is 23.3 Å². The minimum Gasteiger partial charge on any atom is -0.459 e. The molecule has 35 heavy (non-hydrogen) atoms. The quantitative estimate of drug-likeness (QED) is 0.525. The molecule has 3 amide bonds. The number of benzene rings is 2.